The van der Waals surface area contributed by atoms with Crippen molar-refractivity contribution in [3.63, 3.8) is 0 Å². The van der Waals surface area contributed by atoms with Crippen molar-refractivity contribution in [3.05, 3.63) is 35.9 Å². The molecule has 0 aromatic heterocycles. The highest BCUT2D eigenvalue weighted by Gasteiger charge is 2.38. The maximum Gasteiger partial charge on any atom is 0.247 e. The van der Waals surface area contributed by atoms with Gasteiger partial charge in [0.1, 0.15) is 5.54 Å². The molecule has 5 heteroatoms. The number of carbonyl (C=O) groups excluding carboxylic acids is 2. The molecule has 1 aromatic carbocycles. The normalized spacial score (nSPS) is 18.2. The van der Waals surface area contributed by atoms with E-state index < -0.39 is 11.4 Å². The van der Waals surface area contributed by atoms with E-state index in [4.69, 9.17) is 11.5 Å². The van der Waals surface area contributed by atoms with Crippen LogP contribution < -0.4 is 11.5 Å². The molecule has 21 heavy (non-hydrogen) atoms. The number of rotatable bonds is 5. The minimum absolute atomic E-state index is 0.0663. The fourth-order valence-electron chi connectivity index (χ4n) is 2.96. The van der Waals surface area contributed by atoms with Crippen molar-refractivity contribution >= 4 is 11.8 Å². The van der Waals surface area contributed by atoms with E-state index in [0.29, 0.717) is 0 Å². The van der Waals surface area contributed by atoms with Crippen LogP contribution in [0.5, 0.6) is 0 Å². The van der Waals surface area contributed by atoms with Gasteiger partial charge in [0, 0.05) is 6.04 Å². The number of nitrogens with two attached hydrogens (primary N) is 2. The molecule has 2 amide bonds. The molecule has 5 nitrogen and oxygen atoms in total. The summed E-state index contributed by atoms with van der Waals surface area (Å²) < 4.78 is 0. The van der Waals surface area contributed by atoms with Crippen molar-refractivity contribution < 1.29 is 9.59 Å². The Labute approximate surface area is 125 Å². The van der Waals surface area contributed by atoms with Gasteiger partial charge in [-0.15, -0.1) is 0 Å². The minimum Gasteiger partial charge on any atom is -0.368 e. The van der Waals surface area contributed by atoms with Gasteiger partial charge in [-0.2, -0.15) is 0 Å². The molecule has 4 N–H and O–H groups in total. The third kappa shape index (κ3) is 3.42. The molecule has 0 spiro atoms. The van der Waals surface area contributed by atoms with Crippen LogP contribution in [0.25, 0.3) is 0 Å². The standard InChI is InChI=1S/C16H23N3O2/c1-16(18,12-7-3-2-4-8-12)15(21)19(11-14(17)20)13-9-5-6-10-13/h2-4,7-8,13H,5-6,9-11,18H2,1H3,(H2,17,20). The zero-order chi connectivity index (χ0) is 15.5. The van der Waals surface area contributed by atoms with Gasteiger partial charge in [0.15, 0.2) is 0 Å². The van der Waals surface area contributed by atoms with E-state index in [1.165, 1.54) is 0 Å². The lowest BCUT2D eigenvalue weighted by Gasteiger charge is -2.35. The highest BCUT2D eigenvalue weighted by atomic mass is 16.2. The van der Waals surface area contributed by atoms with E-state index in [0.717, 1.165) is 31.2 Å². The molecule has 1 aliphatic rings. The smallest absolute Gasteiger partial charge is 0.247 e. The monoisotopic (exact) mass is 289 g/mol. The van der Waals surface area contributed by atoms with E-state index in [1.54, 1.807) is 11.8 Å². The van der Waals surface area contributed by atoms with Crippen LogP contribution in [0.3, 0.4) is 0 Å². The number of benzene rings is 1. The molecule has 0 aliphatic heterocycles. The lowest BCUT2D eigenvalue weighted by molar-refractivity contribution is -0.142. The molecule has 0 saturated heterocycles. The van der Waals surface area contributed by atoms with Crippen molar-refractivity contribution in [2.45, 2.75) is 44.2 Å². The molecule has 1 saturated carbocycles. The van der Waals surface area contributed by atoms with Crippen molar-refractivity contribution in [2.75, 3.05) is 6.54 Å². The van der Waals surface area contributed by atoms with E-state index in [1.807, 2.05) is 30.3 Å². The second-order valence-corrected chi connectivity index (χ2v) is 5.91. The van der Waals surface area contributed by atoms with Gasteiger partial charge in [0.2, 0.25) is 11.8 Å². The van der Waals surface area contributed by atoms with Crippen molar-refractivity contribution in [1.82, 2.24) is 4.90 Å². The van der Waals surface area contributed by atoms with Gasteiger partial charge < -0.3 is 16.4 Å². The first-order valence-electron chi connectivity index (χ1n) is 7.36. The number of nitrogens with zero attached hydrogens (tertiary/aromatic N) is 1. The summed E-state index contributed by atoms with van der Waals surface area (Å²) in [6.07, 6.45) is 3.95. The highest BCUT2D eigenvalue weighted by molar-refractivity contribution is 5.90. The highest BCUT2D eigenvalue weighted by Crippen LogP contribution is 2.28. The summed E-state index contributed by atoms with van der Waals surface area (Å²) in [5.74, 6) is -0.737. The quantitative estimate of drug-likeness (QED) is 0.851. The van der Waals surface area contributed by atoms with Crippen molar-refractivity contribution in [3.8, 4) is 0 Å². The molecular formula is C16H23N3O2. The molecule has 0 bridgehead atoms. The molecule has 1 aromatic rings. The van der Waals surface area contributed by atoms with Crippen molar-refractivity contribution in [1.29, 1.82) is 0 Å². The van der Waals surface area contributed by atoms with Gasteiger partial charge in [-0.05, 0) is 25.3 Å². The summed E-state index contributed by atoms with van der Waals surface area (Å²) in [5, 5.41) is 0. The molecule has 114 valence electrons. The first-order chi connectivity index (χ1) is 9.93. The molecular weight excluding hydrogens is 266 g/mol. The van der Waals surface area contributed by atoms with Gasteiger partial charge >= 0.3 is 0 Å². The van der Waals surface area contributed by atoms with E-state index in [-0.39, 0.29) is 18.5 Å². The molecule has 0 radical (unpaired) electrons. The van der Waals surface area contributed by atoms with Crippen LogP contribution in [0.2, 0.25) is 0 Å². The average Bonchev–Trinajstić information content (AvgIpc) is 2.98. The minimum atomic E-state index is -1.15. The van der Waals surface area contributed by atoms with Crippen LogP contribution in [0.1, 0.15) is 38.2 Å². The first kappa shape index (κ1) is 15.5. The van der Waals surface area contributed by atoms with Gasteiger partial charge in [0.05, 0.1) is 6.54 Å². The zero-order valence-corrected chi connectivity index (χ0v) is 12.4. The Bertz CT molecular complexity index is 508. The van der Waals surface area contributed by atoms with Crippen LogP contribution in [0.15, 0.2) is 30.3 Å². The number of hydrogen-bond acceptors (Lipinski definition) is 3. The summed E-state index contributed by atoms with van der Waals surface area (Å²) in [6.45, 7) is 1.62. The largest absolute Gasteiger partial charge is 0.368 e. The summed E-state index contributed by atoms with van der Waals surface area (Å²) in [5.41, 5.74) is 11.2. The predicted molar refractivity (Wildman–Crippen MR) is 81.1 cm³/mol. The molecule has 0 heterocycles. The van der Waals surface area contributed by atoms with E-state index in [9.17, 15) is 9.59 Å². The summed E-state index contributed by atoms with van der Waals surface area (Å²) >= 11 is 0. The van der Waals surface area contributed by atoms with Crippen LogP contribution in [-0.2, 0) is 15.1 Å². The molecule has 1 fully saturated rings. The number of carbonyl (C=O) groups is 2. The Morgan fingerprint density at radius 1 is 1.24 bits per heavy atom. The van der Waals surface area contributed by atoms with E-state index >= 15 is 0 Å². The van der Waals surface area contributed by atoms with Crippen molar-refractivity contribution in [2.24, 2.45) is 11.5 Å². The Hall–Kier alpha value is -1.88. The maximum atomic E-state index is 12.9. The van der Waals surface area contributed by atoms with Crippen LogP contribution in [0, 0.1) is 0 Å². The number of hydrogen-bond donors (Lipinski definition) is 2. The third-order valence-corrected chi connectivity index (χ3v) is 4.17. The third-order valence-electron chi connectivity index (χ3n) is 4.17. The van der Waals surface area contributed by atoms with Gasteiger partial charge in [-0.25, -0.2) is 0 Å². The summed E-state index contributed by atoms with van der Waals surface area (Å²) in [4.78, 5) is 25.8. The van der Waals surface area contributed by atoms with Crippen LogP contribution in [-0.4, -0.2) is 29.3 Å². The predicted octanol–water partition coefficient (Wildman–Crippen LogP) is 1.12. The molecule has 1 unspecified atom stereocenters. The van der Waals surface area contributed by atoms with Gasteiger partial charge in [0.25, 0.3) is 0 Å². The Kier molecular flexibility index (Phi) is 4.63. The second-order valence-electron chi connectivity index (χ2n) is 5.91. The van der Waals surface area contributed by atoms with Crippen LogP contribution in [0.4, 0.5) is 0 Å². The van der Waals surface area contributed by atoms with E-state index in [2.05, 4.69) is 0 Å². The zero-order valence-electron chi connectivity index (χ0n) is 12.4. The topological polar surface area (TPSA) is 89.4 Å². The Balaban J connectivity index is 2.26. The summed E-state index contributed by atoms with van der Waals surface area (Å²) in [6, 6.07) is 9.30. The molecule has 2 rings (SSSR count). The number of primary amides is 1. The number of amides is 2. The Morgan fingerprint density at radius 3 is 2.33 bits per heavy atom. The average molecular weight is 289 g/mol. The summed E-state index contributed by atoms with van der Waals surface area (Å²) in [7, 11) is 0. The molecule has 1 atom stereocenters. The molecule has 1 aliphatic carbocycles. The maximum absolute atomic E-state index is 12.9. The fraction of sp³-hybridized carbons (Fsp3) is 0.500. The Morgan fingerprint density at radius 2 is 1.81 bits per heavy atom. The SMILES string of the molecule is CC(N)(C(=O)N(CC(N)=O)C1CCCC1)c1ccccc1. The van der Waals surface area contributed by atoms with Gasteiger partial charge in [-0.3, -0.25) is 9.59 Å². The first-order valence-corrected chi connectivity index (χ1v) is 7.36. The van der Waals surface area contributed by atoms with Crippen LogP contribution >= 0.6 is 0 Å². The second kappa shape index (κ2) is 6.26. The lowest BCUT2D eigenvalue weighted by atomic mass is 9.91. The lowest BCUT2D eigenvalue weighted by Crippen LogP contribution is -2.55. The van der Waals surface area contributed by atoms with Gasteiger partial charge in [-0.1, -0.05) is 43.2 Å². The fourth-order valence-corrected chi connectivity index (χ4v) is 2.96.